The largest absolute Gasteiger partial charge is 0.354 e. The molecule has 108 valence electrons. The van der Waals surface area contributed by atoms with Crippen molar-refractivity contribution in [2.45, 2.75) is 0 Å². The number of imidazole rings is 1. The molecule has 3 heterocycles. The number of hydrogen-bond donors (Lipinski definition) is 1. The van der Waals surface area contributed by atoms with E-state index in [4.69, 9.17) is 0 Å². The van der Waals surface area contributed by atoms with Crippen LogP contribution in [0.4, 0.5) is 5.95 Å². The number of nitrogens with zero attached hydrogens (tertiary/aromatic N) is 5. The van der Waals surface area contributed by atoms with Crippen molar-refractivity contribution in [2.75, 3.05) is 44.2 Å². The molecule has 6 nitrogen and oxygen atoms in total. The third-order valence-electron chi connectivity index (χ3n) is 3.95. The molecule has 1 fully saturated rings. The molecule has 0 unspecified atom stereocenters. The topological polar surface area (TPSA) is 56.7 Å². The average molecular weight is 282 g/mol. The van der Waals surface area contributed by atoms with E-state index in [0.717, 1.165) is 62.6 Å². The van der Waals surface area contributed by atoms with Gasteiger partial charge in [0.1, 0.15) is 0 Å². The van der Waals surface area contributed by atoms with Crippen LogP contribution in [0.25, 0.3) is 11.4 Å². The van der Waals surface area contributed by atoms with E-state index in [1.165, 1.54) is 0 Å². The van der Waals surface area contributed by atoms with Gasteiger partial charge in [-0.1, -0.05) is 18.2 Å². The van der Waals surface area contributed by atoms with Gasteiger partial charge in [-0.3, -0.25) is 4.99 Å². The van der Waals surface area contributed by atoms with Crippen LogP contribution in [0.2, 0.25) is 0 Å². The molecule has 0 radical (unpaired) electrons. The van der Waals surface area contributed by atoms with Crippen LogP contribution in [-0.4, -0.2) is 60.1 Å². The summed E-state index contributed by atoms with van der Waals surface area (Å²) in [5, 5.41) is 3.33. The molecule has 1 N–H and O–H groups in total. The van der Waals surface area contributed by atoms with Crippen molar-refractivity contribution in [3.63, 3.8) is 0 Å². The van der Waals surface area contributed by atoms with Gasteiger partial charge < -0.3 is 15.1 Å². The van der Waals surface area contributed by atoms with Gasteiger partial charge in [0.2, 0.25) is 5.95 Å². The van der Waals surface area contributed by atoms with Gasteiger partial charge in [-0.2, -0.15) is 0 Å². The molecule has 4 rings (SSSR count). The fourth-order valence-electron chi connectivity index (χ4n) is 2.81. The second kappa shape index (κ2) is 5.20. The summed E-state index contributed by atoms with van der Waals surface area (Å²) in [7, 11) is 0. The summed E-state index contributed by atoms with van der Waals surface area (Å²) in [6.45, 7) is 5.65. The first-order valence-electron chi connectivity index (χ1n) is 7.41. The third-order valence-corrected chi connectivity index (χ3v) is 3.95. The predicted octanol–water partition coefficient (Wildman–Crippen LogP) is 0.663. The number of piperazine rings is 1. The molecule has 0 aromatic heterocycles. The minimum absolute atomic E-state index is 0.845. The maximum absolute atomic E-state index is 4.65. The Balaban J connectivity index is 1.49. The number of rotatable bonds is 1. The highest BCUT2D eigenvalue weighted by atomic mass is 15.4. The lowest BCUT2D eigenvalue weighted by molar-refractivity contribution is 0.375. The van der Waals surface area contributed by atoms with E-state index in [1.807, 2.05) is 30.3 Å². The monoisotopic (exact) mass is 282 g/mol. The van der Waals surface area contributed by atoms with Crippen LogP contribution in [0.3, 0.4) is 0 Å². The predicted molar refractivity (Wildman–Crippen MR) is 82.7 cm³/mol. The van der Waals surface area contributed by atoms with Crippen LogP contribution in [0.5, 0.6) is 0 Å². The van der Waals surface area contributed by atoms with E-state index in [-0.39, 0.29) is 0 Å². The molecule has 0 saturated carbocycles. The number of fused-ring (bicyclic) bond motifs is 1. The van der Waals surface area contributed by atoms with Crippen LogP contribution in [-0.2, 0) is 0 Å². The number of nitrogens with one attached hydrogen (secondary N) is 1. The highest BCUT2D eigenvalue weighted by Gasteiger charge is 2.24. The van der Waals surface area contributed by atoms with Crippen molar-refractivity contribution in [3.8, 4) is 11.4 Å². The van der Waals surface area contributed by atoms with Crippen LogP contribution < -0.4 is 10.2 Å². The lowest BCUT2D eigenvalue weighted by atomic mass is 10.3. The van der Waals surface area contributed by atoms with Crippen LogP contribution in [0, 0.1) is 0 Å². The van der Waals surface area contributed by atoms with Crippen molar-refractivity contribution in [3.05, 3.63) is 30.3 Å². The van der Waals surface area contributed by atoms with E-state index in [2.05, 4.69) is 30.1 Å². The Morgan fingerprint density at radius 2 is 1.52 bits per heavy atom. The van der Waals surface area contributed by atoms with Gasteiger partial charge in [0.05, 0.1) is 17.9 Å². The molecule has 0 aromatic carbocycles. The molecule has 21 heavy (non-hydrogen) atoms. The summed E-state index contributed by atoms with van der Waals surface area (Å²) >= 11 is 0. The van der Waals surface area contributed by atoms with Gasteiger partial charge in [0.15, 0.2) is 5.96 Å². The lowest BCUT2D eigenvalue weighted by Gasteiger charge is -2.35. The Kier molecular flexibility index (Phi) is 3.06. The third kappa shape index (κ3) is 2.37. The Morgan fingerprint density at radius 3 is 2.14 bits per heavy atom. The number of aliphatic imine (C=N–C) groups is 1. The van der Waals surface area contributed by atoms with Gasteiger partial charge in [0, 0.05) is 32.7 Å². The number of aromatic nitrogens is 2. The minimum atomic E-state index is 0.845. The van der Waals surface area contributed by atoms with Crippen molar-refractivity contribution in [1.29, 1.82) is 0 Å². The first kappa shape index (κ1) is 12.4. The Labute approximate surface area is 123 Å². The molecule has 3 aliphatic heterocycles. The molecule has 0 aromatic rings. The summed E-state index contributed by atoms with van der Waals surface area (Å²) in [4.78, 5) is 18.3. The Hall–Kier alpha value is -2.37. The quantitative estimate of drug-likeness (QED) is 0.833. The summed E-state index contributed by atoms with van der Waals surface area (Å²) in [6.07, 6.45) is 0. The lowest BCUT2D eigenvalue weighted by Crippen LogP contribution is -2.51. The van der Waals surface area contributed by atoms with Crippen molar-refractivity contribution >= 4 is 11.9 Å². The fourth-order valence-corrected chi connectivity index (χ4v) is 2.81. The molecule has 6 heteroatoms. The summed E-state index contributed by atoms with van der Waals surface area (Å²) < 4.78 is 0. The molecule has 4 aliphatic rings. The molecular formula is C15H18N6. The summed E-state index contributed by atoms with van der Waals surface area (Å²) in [6, 6.07) is 10.0. The minimum Gasteiger partial charge on any atom is -0.354 e. The summed E-state index contributed by atoms with van der Waals surface area (Å²) in [5.74, 6) is 1.90. The number of guanidine groups is 1. The molecule has 0 amide bonds. The van der Waals surface area contributed by atoms with Crippen LogP contribution >= 0.6 is 0 Å². The first-order chi connectivity index (χ1) is 10.4. The molecule has 0 spiro atoms. The van der Waals surface area contributed by atoms with Gasteiger partial charge in [-0.15, -0.1) is 0 Å². The zero-order valence-electron chi connectivity index (χ0n) is 11.9. The van der Waals surface area contributed by atoms with Crippen molar-refractivity contribution in [1.82, 2.24) is 20.2 Å². The van der Waals surface area contributed by atoms with Crippen LogP contribution in [0.15, 0.2) is 35.3 Å². The van der Waals surface area contributed by atoms with E-state index in [9.17, 15) is 0 Å². The Morgan fingerprint density at radius 1 is 0.857 bits per heavy atom. The van der Waals surface area contributed by atoms with Crippen molar-refractivity contribution in [2.24, 2.45) is 4.99 Å². The molecule has 1 saturated heterocycles. The first-order valence-corrected chi connectivity index (χ1v) is 7.41. The van der Waals surface area contributed by atoms with E-state index < -0.39 is 0 Å². The SMILES string of the molecule is c1ccc2nc(N3CCN(C4=NCCN4)CC3)nc-2cc1. The average Bonchev–Trinajstić information content (AvgIpc) is 3.14. The molecule has 0 bridgehead atoms. The van der Waals surface area contributed by atoms with Crippen LogP contribution in [0.1, 0.15) is 0 Å². The van der Waals surface area contributed by atoms with Gasteiger partial charge in [0.25, 0.3) is 0 Å². The standard InChI is InChI=1S/C15H18N6/c1-2-4-12-13(5-3-1)19-15(18-12)21-10-8-20(9-11-21)14-16-6-7-17-14/h1-5H,6-11H2,(H,16,17). The highest BCUT2D eigenvalue weighted by molar-refractivity contribution is 5.81. The maximum Gasteiger partial charge on any atom is 0.226 e. The smallest absolute Gasteiger partial charge is 0.226 e. The second-order valence-corrected chi connectivity index (χ2v) is 5.31. The summed E-state index contributed by atoms with van der Waals surface area (Å²) in [5.41, 5.74) is 1.92. The van der Waals surface area contributed by atoms with E-state index in [1.54, 1.807) is 0 Å². The fraction of sp³-hybridized carbons (Fsp3) is 0.400. The molecular weight excluding hydrogens is 264 g/mol. The second-order valence-electron chi connectivity index (χ2n) is 5.31. The van der Waals surface area contributed by atoms with E-state index >= 15 is 0 Å². The Bertz CT molecular complexity index is 601. The maximum atomic E-state index is 4.65. The number of anilines is 1. The van der Waals surface area contributed by atoms with Gasteiger partial charge in [-0.05, 0) is 12.1 Å². The highest BCUT2D eigenvalue weighted by Crippen LogP contribution is 2.22. The van der Waals surface area contributed by atoms with Gasteiger partial charge >= 0.3 is 0 Å². The normalized spacial score (nSPS) is 18.8. The van der Waals surface area contributed by atoms with E-state index in [0.29, 0.717) is 0 Å². The molecule has 0 atom stereocenters. The zero-order valence-corrected chi connectivity index (χ0v) is 11.9. The number of hydrogen-bond acceptors (Lipinski definition) is 6. The van der Waals surface area contributed by atoms with Gasteiger partial charge in [-0.25, -0.2) is 9.97 Å². The van der Waals surface area contributed by atoms with Crippen molar-refractivity contribution < 1.29 is 0 Å². The molecule has 1 aliphatic carbocycles. The zero-order chi connectivity index (χ0) is 14.1.